The summed E-state index contributed by atoms with van der Waals surface area (Å²) < 4.78 is 5.02. The fraction of sp³-hybridized carbons (Fsp3) is 0.800. The van der Waals surface area contributed by atoms with Gasteiger partial charge in [-0.2, -0.15) is 4.98 Å². The summed E-state index contributed by atoms with van der Waals surface area (Å²) in [6, 6.07) is 0.769. The third-order valence-electron chi connectivity index (χ3n) is 3.45. The lowest BCUT2D eigenvalue weighted by Gasteiger charge is -2.43. The number of nitrogens with one attached hydrogen (secondary N) is 1. The van der Waals surface area contributed by atoms with Crippen LogP contribution in [0.1, 0.15) is 5.89 Å². The normalized spacial score (nSPS) is 24.5. The van der Waals surface area contributed by atoms with E-state index in [2.05, 4.69) is 25.3 Å². The van der Waals surface area contributed by atoms with Crippen LogP contribution in [0.4, 0.5) is 0 Å². The van der Waals surface area contributed by atoms with Gasteiger partial charge in [-0.3, -0.25) is 9.80 Å². The Morgan fingerprint density at radius 2 is 2.12 bits per heavy atom. The molecule has 0 saturated carbocycles. The first-order valence-electron chi connectivity index (χ1n) is 5.84. The predicted molar refractivity (Wildman–Crippen MR) is 57.8 cm³/mol. The zero-order valence-corrected chi connectivity index (χ0v) is 9.30. The molecule has 1 N–H and O–H groups in total. The topological polar surface area (TPSA) is 57.4 Å². The van der Waals surface area contributed by atoms with E-state index in [1.54, 1.807) is 0 Å². The first-order chi connectivity index (χ1) is 7.92. The molecule has 0 unspecified atom stereocenters. The third kappa shape index (κ3) is 2.09. The Labute approximate surface area is 94.6 Å². The van der Waals surface area contributed by atoms with Crippen LogP contribution in [0.5, 0.6) is 0 Å². The fourth-order valence-corrected chi connectivity index (χ4v) is 2.28. The monoisotopic (exact) mass is 223 g/mol. The highest BCUT2D eigenvalue weighted by molar-refractivity contribution is 4.88. The molecule has 2 aliphatic rings. The molecule has 1 aromatic rings. The molecular weight excluding hydrogens is 206 g/mol. The van der Waals surface area contributed by atoms with E-state index in [1.165, 1.54) is 6.33 Å². The van der Waals surface area contributed by atoms with E-state index >= 15 is 0 Å². The van der Waals surface area contributed by atoms with Crippen LogP contribution in [0.25, 0.3) is 0 Å². The molecule has 6 nitrogen and oxygen atoms in total. The minimum Gasteiger partial charge on any atom is -0.338 e. The lowest BCUT2D eigenvalue weighted by molar-refractivity contribution is 0.0647. The summed E-state index contributed by atoms with van der Waals surface area (Å²) >= 11 is 0. The molecule has 88 valence electrons. The molecule has 0 bridgehead atoms. The zero-order chi connectivity index (χ0) is 10.8. The van der Waals surface area contributed by atoms with Gasteiger partial charge >= 0.3 is 0 Å². The number of piperazine rings is 1. The van der Waals surface area contributed by atoms with Crippen molar-refractivity contribution in [2.75, 3.05) is 39.3 Å². The number of hydrogen-bond acceptors (Lipinski definition) is 6. The van der Waals surface area contributed by atoms with Gasteiger partial charge in [0, 0.05) is 45.3 Å². The van der Waals surface area contributed by atoms with E-state index in [9.17, 15) is 0 Å². The molecule has 2 saturated heterocycles. The first kappa shape index (κ1) is 10.2. The summed E-state index contributed by atoms with van der Waals surface area (Å²) in [5.41, 5.74) is 0. The van der Waals surface area contributed by atoms with E-state index in [0.717, 1.165) is 57.7 Å². The number of aromatic nitrogens is 2. The summed E-state index contributed by atoms with van der Waals surface area (Å²) in [5.74, 6) is 0.721. The van der Waals surface area contributed by atoms with Crippen LogP contribution in [-0.2, 0) is 6.54 Å². The Bertz CT molecular complexity index is 316. The third-order valence-corrected chi connectivity index (χ3v) is 3.45. The second-order valence-electron chi connectivity index (χ2n) is 4.46. The largest absolute Gasteiger partial charge is 0.338 e. The first-order valence-corrected chi connectivity index (χ1v) is 5.84. The van der Waals surface area contributed by atoms with Gasteiger partial charge in [-0.1, -0.05) is 5.16 Å². The minimum atomic E-state index is 0.721. The lowest BCUT2D eigenvalue weighted by atomic mass is 10.1. The van der Waals surface area contributed by atoms with Crippen molar-refractivity contribution in [3.63, 3.8) is 0 Å². The molecule has 1 aromatic heterocycles. The van der Waals surface area contributed by atoms with Crippen LogP contribution in [0.2, 0.25) is 0 Å². The van der Waals surface area contributed by atoms with E-state index < -0.39 is 0 Å². The Balaban J connectivity index is 1.47. The molecular formula is C10H17N5O. The van der Waals surface area contributed by atoms with Crippen molar-refractivity contribution in [2.45, 2.75) is 12.6 Å². The van der Waals surface area contributed by atoms with Crippen LogP contribution in [0.3, 0.4) is 0 Å². The van der Waals surface area contributed by atoms with Gasteiger partial charge in [-0.15, -0.1) is 0 Å². The molecule has 2 fully saturated rings. The van der Waals surface area contributed by atoms with Gasteiger partial charge in [-0.25, -0.2) is 0 Å². The molecule has 2 aliphatic heterocycles. The Morgan fingerprint density at radius 1 is 1.31 bits per heavy atom. The highest BCUT2D eigenvalue weighted by atomic mass is 16.5. The highest BCUT2D eigenvalue weighted by Crippen LogP contribution is 2.11. The van der Waals surface area contributed by atoms with Crippen molar-refractivity contribution in [1.82, 2.24) is 25.3 Å². The standard InChI is InChI=1S/C10H17N5O/c1-3-15(9-5-11-6-9)4-2-14(1)7-10-12-8-13-16-10/h8-9,11H,1-7H2. The van der Waals surface area contributed by atoms with Gasteiger partial charge in [0.05, 0.1) is 6.54 Å². The van der Waals surface area contributed by atoms with Gasteiger partial charge in [-0.05, 0) is 0 Å². The molecule has 0 spiro atoms. The Kier molecular flexibility index (Phi) is 2.86. The van der Waals surface area contributed by atoms with Crippen molar-refractivity contribution in [3.05, 3.63) is 12.2 Å². The van der Waals surface area contributed by atoms with Crippen molar-refractivity contribution >= 4 is 0 Å². The quantitative estimate of drug-likeness (QED) is 0.721. The van der Waals surface area contributed by atoms with Gasteiger partial charge in [0.1, 0.15) is 0 Å². The van der Waals surface area contributed by atoms with Crippen LogP contribution in [0, 0.1) is 0 Å². The Hall–Kier alpha value is -0.980. The fourth-order valence-electron chi connectivity index (χ4n) is 2.28. The maximum atomic E-state index is 5.02. The maximum Gasteiger partial charge on any atom is 0.240 e. The van der Waals surface area contributed by atoms with E-state index in [4.69, 9.17) is 4.52 Å². The molecule has 0 aromatic carbocycles. The molecule has 3 rings (SSSR count). The zero-order valence-electron chi connectivity index (χ0n) is 9.30. The van der Waals surface area contributed by atoms with Crippen LogP contribution in [0.15, 0.2) is 10.9 Å². The molecule has 0 aliphatic carbocycles. The summed E-state index contributed by atoms with van der Waals surface area (Å²) in [5, 5.41) is 6.94. The Morgan fingerprint density at radius 3 is 2.69 bits per heavy atom. The van der Waals surface area contributed by atoms with Crippen molar-refractivity contribution in [2.24, 2.45) is 0 Å². The molecule has 0 atom stereocenters. The van der Waals surface area contributed by atoms with E-state index in [-0.39, 0.29) is 0 Å². The summed E-state index contributed by atoms with van der Waals surface area (Å²) in [6.07, 6.45) is 1.46. The molecule has 3 heterocycles. The molecule has 0 radical (unpaired) electrons. The second kappa shape index (κ2) is 4.48. The summed E-state index contributed by atoms with van der Waals surface area (Å²) in [7, 11) is 0. The highest BCUT2D eigenvalue weighted by Gasteiger charge is 2.27. The second-order valence-corrected chi connectivity index (χ2v) is 4.46. The van der Waals surface area contributed by atoms with Crippen molar-refractivity contribution in [1.29, 1.82) is 0 Å². The van der Waals surface area contributed by atoms with Gasteiger partial charge < -0.3 is 9.84 Å². The summed E-state index contributed by atoms with van der Waals surface area (Å²) in [4.78, 5) is 8.99. The van der Waals surface area contributed by atoms with E-state index in [1.807, 2.05) is 0 Å². The molecule has 0 amide bonds. The predicted octanol–water partition coefficient (Wildman–Crippen LogP) is -0.841. The number of nitrogens with zero attached hydrogens (tertiary/aromatic N) is 4. The van der Waals surface area contributed by atoms with E-state index in [0.29, 0.717) is 0 Å². The SMILES string of the molecule is c1noc(CN2CCN(C3CNC3)CC2)n1. The molecule has 6 heteroatoms. The minimum absolute atomic E-state index is 0.721. The number of rotatable bonds is 3. The maximum absolute atomic E-state index is 5.02. The van der Waals surface area contributed by atoms with Gasteiger partial charge in [0.2, 0.25) is 5.89 Å². The average Bonchev–Trinajstić information content (AvgIpc) is 2.71. The van der Waals surface area contributed by atoms with Gasteiger partial charge in [0.15, 0.2) is 6.33 Å². The van der Waals surface area contributed by atoms with Crippen molar-refractivity contribution in [3.8, 4) is 0 Å². The van der Waals surface area contributed by atoms with Crippen LogP contribution >= 0.6 is 0 Å². The van der Waals surface area contributed by atoms with Crippen molar-refractivity contribution < 1.29 is 4.52 Å². The van der Waals surface area contributed by atoms with Gasteiger partial charge in [0.25, 0.3) is 0 Å². The molecule has 16 heavy (non-hydrogen) atoms. The average molecular weight is 223 g/mol. The van der Waals surface area contributed by atoms with Crippen LogP contribution < -0.4 is 5.32 Å². The lowest BCUT2D eigenvalue weighted by Crippen LogP contribution is -2.61. The number of hydrogen-bond donors (Lipinski definition) is 1. The summed E-state index contributed by atoms with van der Waals surface area (Å²) in [6.45, 7) is 7.60. The smallest absolute Gasteiger partial charge is 0.240 e. The van der Waals surface area contributed by atoms with Crippen LogP contribution in [-0.4, -0.2) is 65.3 Å².